The highest BCUT2D eigenvalue weighted by Crippen LogP contribution is 2.49. The quantitative estimate of drug-likeness (QED) is 0.123. The molecule has 16 heteroatoms. The molecule has 346 valence electrons. The Kier molecular flexibility index (Phi) is 12.4. The highest BCUT2D eigenvalue weighted by atomic mass is 16.5. The van der Waals surface area contributed by atoms with Crippen molar-refractivity contribution in [3.8, 4) is 39.4 Å². The lowest BCUT2D eigenvalue weighted by Crippen LogP contribution is -2.53. The summed E-state index contributed by atoms with van der Waals surface area (Å²) >= 11 is 0. The number of rotatable bonds is 10. The molecule has 1 spiro atoms. The summed E-state index contributed by atoms with van der Waals surface area (Å²) in [6.07, 6.45) is 8.20. The Hall–Kier alpha value is -5.90. The lowest BCUT2D eigenvalue weighted by Gasteiger charge is -2.36. The Morgan fingerprint density at radius 2 is 1.52 bits per heavy atom. The smallest absolute Gasteiger partial charge is 0.407 e. The number of likely N-dealkylation sites (tertiary alicyclic amines) is 2. The van der Waals surface area contributed by atoms with Crippen molar-refractivity contribution in [1.82, 2.24) is 40.4 Å². The second kappa shape index (κ2) is 18.2. The largest absolute Gasteiger partial charge is 0.487 e. The molecule has 7 atom stereocenters. The van der Waals surface area contributed by atoms with Crippen molar-refractivity contribution in [1.29, 1.82) is 0 Å². The number of aromatic nitrogens is 4. The number of H-pyrrole nitrogens is 2. The zero-order valence-electron chi connectivity index (χ0n) is 38.3. The maximum atomic E-state index is 14.4. The summed E-state index contributed by atoms with van der Waals surface area (Å²) in [6.45, 7) is 9.85. The van der Waals surface area contributed by atoms with Gasteiger partial charge in [0, 0.05) is 30.2 Å². The highest BCUT2D eigenvalue weighted by Gasteiger charge is 2.51. The van der Waals surface area contributed by atoms with Gasteiger partial charge < -0.3 is 49.3 Å². The fourth-order valence-corrected chi connectivity index (χ4v) is 11.1. The third kappa shape index (κ3) is 8.57. The molecule has 4 aliphatic heterocycles. The van der Waals surface area contributed by atoms with Gasteiger partial charge in [0.05, 0.1) is 56.2 Å². The zero-order valence-corrected chi connectivity index (χ0v) is 38.3. The molecule has 0 unspecified atom stereocenters. The van der Waals surface area contributed by atoms with Gasteiger partial charge in [-0.3, -0.25) is 9.59 Å². The summed E-state index contributed by atoms with van der Waals surface area (Å²) < 4.78 is 22.1. The first-order valence-electron chi connectivity index (χ1n) is 23.3. The third-order valence-corrected chi connectivity index (χ3v) is 14.5. The van der Waals surface area contributed by atoms with Crippen LogP contribution in [-0.4, -0.2) is 106 Å². The van der Waals surface area contributed by atoms with Gasteiger partial charge in [-0.25, -0.2) is 19.6 Å². The van der Waals surface area contributed by atoms with Crippen molar-refractivity contribution >= 4 is 24.0 Å². The fraction of sp³-hybridized carbons (Fsp3) is 0.551. The topological polar surface area (TPSA) is 193 Å². The van der Waals surface area contributed by atoms with Crippen LogP contribution in [0.2, 0.25) is 0 Å². The molecule has 2 aromatic heterocycles. The predicted octanol–water partition coefficient (Wildman–Crippen LogP) is 7.69. The Morgan fingerprint density at radius 3 is 2.22 bits per heavy atom. The monoisotopic (exact) mass is 890 g/mol. The average Bonchev–Trinajstić information content (AvgIpc) is 4.14. The molecule has 9 rings (SSSR count). The van der Waals surface area contributed by atoms with E-state index in [1.54, 1.807) is 0 Å². The van der Waals surface area contributed by atoms with Crippen LogP contribution in [0, 0.1) is 23.2 Å². The lowest BCUT2D eigenvalue weighted by atomic mass is 9.80. The number of carbonyl (C=O) groups excluding carboxylic acids is 4. The average molecular weight is 891 g/mol. The van der Waals surface area contributed by atoms with Crippen molar-refractivity contribution in [2.75, 3.05) is 34.0 Å². The normalized spacial score (nSPS) is 24.5. The number of ether oxygens (including phenoxy) is 4. The summed E-state index contributed by atoms with van der Waals surface area (Å²) in [5, 5.41) is 5.57. The number of hydrogen-bond acceptors (Lipinski definition) is 10. The van der Waals surface area contributed by atoms with Crippen LogP contribution >= 0.6 is 0 Å². The number of fused-ring (bicyclic) bond motifs is 4. The van der Waals surface area contributed by atoms with E-state index in [0.29, 0.717) is 44.5 Å². The van der Waals surface area contributed by atoms with E-state index in [9.17, 15) is 19.2 Å². The molecule has 4 amide bonds. The first-order valence-corrected chi connectivity index (χ1v) is 23.3. The first kappa shape index (κ1) is 44.3. The molecule has 4 N–H and O–H groups in total. The molecular formula is C49H62N8O8. The van der Waals surface area contributed by atoms with Crippen molar-refractivity contribution in [3.05, 3.63) is 66.0 Å². The molecule has 65 heavy (non-hydrogen) atoms. The second-order valence-electron chi connectivity index (χ2n) is 19.4. The maximum absolute atomic E-state index is 14.4. The Labute approximate surface area is 379 Å². The number of alkyl carbamates (subject to hydrolysis) is 2. The van der Waals surface area contributed by atoms with E-state index in [4.69, 9.17) is 28.9 Å². The number of hydrogen-bond donors (Lipinski definition) is 4. The number of benzene rings is 2. The standard InChI is InChI=1S/C49H62N8O8/c1-27(2)40(54-47(60)62-5)45(58)56-25-49(18-9-19-64-26-49)22-38(56)43-50-23-34(51-43)30-14-12-29(13-15-30)31-16-17-33-39(21-31)65-24-35-42(33)53-44(52-35)37-20-32-10-7-8-11-36(32)57(37)46(59)41(28(3)4)55-48(61)63-6/h12-17,21,23,27-28,32,36-38,40-41H,7-11,18-20,22,24-26H2,1-6H3,(H,50,51)(H,52,53)(H,54,60)(H,55,61)/t32-,36-,37-,38-,40-,41-,49-/m0/s1. The van der Waals surface area contributed by atoms with Crippen LogP contribution in [0.1, 0.15) is 108 Å². The second-order valence-corrected chi connectivity index (χ2v) is 19.4. The number of imidazole rings is 2. The van der Waals surface area contributed by atoms with Crippen molar-refractivity contribution in [2.45, 2.75) is 116 Å². The molecule has 0 radical (unpaired) electrons. The molecule has 16 nitrogen and oxygen atoms in total. The predicted molar refractivity (Wildman–Crippen MR) is 241 cm³/mol. The Morgan fingerprint density at radius 1 is 0.831 bits per heavy atom. The number of aromatic amines is 2. The van der Waals surface area contributed by atoms with Crippen LogP contribution in [0.5, 0.6) is 5.75 Å². The van der Waals surface area contributed by atoms with Crippen LogP contribution in [0.3, 0.4) is 0 Å². The van der Waals surface area contributed by atoms with E-state index in [2.05, 4.69) is 63.1 Å². The molecule has 4 aromatic rings. The van der Waals surface area contributed by atoms with Crippen LogP contribution in [0.25, 0.3) is 33.6 Å². The van der Waals surface area contributed by atoms with Crippen LogP contribution in [-0.2, 0) is 30.4 Å². The van der Waals surface area contributed by atoms with E-state index in [0.717, 1.165) is 95.9 Å². The number of amides is 4. The van der Waals surface area contributed by atoms with Gasteiger partial charge >= 0.3 is 12.2 Å². The van der Waals surface area contributed by atoms with Crippen molar-refractivity contribution < 1.29 is 38.1 Å². The minimum Gasteiger partial charge on any atom is -0.487 e. The highest BCUT2D eigenvalue weighted by molar-refractivity contribution is 5.88. The lowest BCUT2D eigenvalue weighted by molar-refractivity contribution is -0.138. The molecule has 3 saturated heterocycles. The van der Waals surface area contributed by atoms with Gasteiger partial charge in [0.2, 0.25) is 11.8 Å². The van der Waals surface area contributed by atoms with E-state index < -0.39 is 24.3 Å². The maximum Gasteiger partial charge on any atom is 0.407 e. The van der Waals surface area contributed by atoms with E-state index in [1.165, 1.54) is 14.2 Å². The van der Waals surface area contributed by atoms with Crippen LogP contribution in [0.4, 0.5) is 9.59 Å². The van der Waals surface area contributed by atoms with Gasteiger partial charge in [-0.1, -0.05) is 70.9 Å². The van der Waals surface area contributed by atoms with Crippen molar-refractivity contribution in [3.63, 3.8) is 0 Å². The van der Waals surface area contributed by atoms with Crippen molar-refractivity contribution in [2.24, 2.45) is 23.2 Å². The number of nitrogens with one attached hydrogen (secondary N) is 4. The van der Waals surface area contributed by atoms with Gasteiger partial charge in [0.15, 0.2) is 0 Å². The summed E-state index contributed by atoms with van der Waals surface area (Å²) in [4.78, 5) is 74.2. The molecule has 5 aliphatic rings. The van der Waals surface area contributed by atoms with Crippen LogP contribution in [0.15, 0.2) is 48.7 Å². The molecule has 0 bridgehead atoms. The van der Waals surface area contributed by atoms with Gasteiger partial charge in [-0.15, -0.1) is 0 Å². The van der Waals surface area contributed by atoms with Crippen LogP contribution < -0.4 is 15.4 Å². The third-order valence-electron chi connectivity index (χ3n) is 14.5. The molecule has 1 saturated carbocycles. The SMILES string of the molecule is COC(=O)N[C@H](C(=O)N1C[C@]2(CCCOC2)C[C@H]1c1ncc(-c2ccc(-c3ccc4c(c3)OCc3[nH]c([C@@H]5C[C@@H]6CCCC[C@@H]6N5C(=O)[C@@H](NC(=O)OC)C(C)C)nc3-4)cc2)[nH]1)C(C)C. The van der Waals surface area contributed by atoms with E-state index in [-0.39, 0.29) is 47.2 Å². The van der Waals surface area contributed by atoms with Gasteiger partial charge in [-0.05, 0) is 85.1 Å². The number of carbonyl (C=O) groups is 4. The zero-order chi connectivity index (χ0) is 45.6. The summed E-state index contributed by atoms with van der Waals surface area (Å²) in [7, 11) is 2.61. The minimum atomic E-state index is -0.745. The molecular weight excluding hydrogens is 829 g/mol. The van der Waals surface area contributed by atoms with Gasteiger partial charge in [0.25, 0.3) is 0 Å². The molecule has 2 aromatic carbocycles. The minimum absolute atomic E-state index is 0.0929. The molecule has 6 heterocycles. The first-order chi connectivity index (χ1) is 31.4. The molecule has 1 aliphatic carbocycles. The van der Waals surface area contributed by atoms with Gasteiger partial charge in [-0.2, -0.15) is 0 Å². The Balaban J connectivity index is 0.932. The fourth-order valence-electron chi connectivity index (χ4n) is 11.1. The number of nitrogens with zero attached hydrogens (tertiary/aromatic N) is 4. The van der Waals surface area contributed by atoms with Gasteiger partial charge in [0.1, 0.15) is 36.1 Å². The number of methoxy groups -OCH3 is 2. The summed E-state index contributed by atoms with van der Waals surface area (Å²) in [6, 6.07) is 12.5. The Bertz CT molecular complexity index is 2400. The summed E-state index contributed by atoms with van der Waals surface area (Å²) in [5.74, 6) is 2.04. The van der Waals surface area contributed by atoms with E-state index >= 15 is 0 Å². The van der Waals surface area contributed by atoms with E-state index in [1.807, 2.05) is 43.7 Å². The molecule has 4 fully saturated rings. The summed E-state index contributed by atoms with van der Waals surface area (Å²) in [5.41, 5.74) is 6.22.